The van der Waals surface area contributed by atoms with Gasteiger partial charge in [0.05, 0.1) is 5.75 Å². The van der Waals surface area contributed by atoms with Crippen molar-refractivity contribution in [3.8, 4) is 0 Å². The molecule has 6 heteroatoms. The van der Waals surface area contributed by atoms with E-state index in [9.17, 15) is 14.0 Å². The van der Waals surface area contributed by atoms with Crippen LogP contribution in [0.4, 0.5) is 4.39 Å². The fourth-order valence-corrected chi connectivity index (χ4v) is 5.56. The van der Waals surface area contributed by atoms with Crippen LogP contribution in [0, 0.1) is 12.7 Å². The SMILES string of the molecule is Cc1ccc(SCC(=O)N(Cc2ccccc2F)C(Cc2ccccc2)C(=O)NC2CCCCC2)cc1. The summed E-state index contributed by atoms with van der Waals surface area (Å²) in [5, 5.41) is 3.22. The molecule has 1 N–H and O–H groups in total. The lowest BCUT2D eigenvalue weighted by molar-refractivity contribution is -0.139. The van der Waals surface area contributed by atoms with Crippen molar-refractivity contribution in [1.29, 1.82) is 0 Å². The Hall–Kier alpha value is -3.12. The zero-order valence-electron chi connectivity index (χ0n) is 21.4. The van der Waals surface area contributed by atoms with Crippen LogP contribution < -0.4 is 5.32 Å². The molecule has 0 spiro atoms. The van der Waals surface area contributed by atoms with E-state index < -0.39 is 6.04 Å². The van der Waals surface area contributed by atoms with Gasteiger partial charge in [-0.3, -0.25) is 9.59 Å². The average molecular weight is 519 g/mol. The smallest absolute Gasteiger partial charge is 0.243 e. The van der Waals surface area contributed by atoms with E-state index in [1.165, 1.54) is 24.2 Å². The molecular formula is C31H35FN2O2S. The van der Waals surface area contributed by atoms with Gasteiger partial charge in [0.1, 0.15) is 11.9 Å². The summed E-state index contributed by atoms with van der Waals surface area (Å²) >= 11 is 1.43. The summed E-state index contributed by atoms with van der Waals surface area (Å²) in [6.07, 6.45) is 5.66. The summed E-state index contributed by atoms with van der Waals surface area (Å²) in [4.78, 5) is 30.0. The molecule has 1 atom stereocenters. The number of nitrogens with zero attached hydrogens (tertiary/aromatic N) is 1. The molecule has 37 heavy (non-hydrogen) atoms. The number of hydrogen-bond donors (Lipinski definition) is 1. The van der Waals surface area contributed by atoms with E-state index in [4.69, 9.17) is 0 Å². The molecule has 1 aliphatic carbocycles. The molecule has 194 valence electrons. The highest BCUT2D eigenvalue weighted by molar-refractivity contribution is 8.00. The predicted octanol–water partition coefficient (Wildman–Crippen LogP) is 6.32. The van der Waals surface area contributed by atoms with Gasteiger partial charge in [-0.15, -0.1) is 11.8 Å². The summed E-state index contributed by atoms with van der Waals surface area (Å²) in [5.41, 5.74) is 2.52. The lowest BCUT2D eigenvalue weighted by Crippen LogP contribution is -2.53. The first kappa shape index (κ1) is 26.9. The summed E-state index contributed by atoms with van der Waals surface area (Å²) in [6, 6.07) is 23.6. The summed E-state index contributed by atoms with van der Waals surface area (Å²) in [7, 11) is 0. The van der Waals surface area contributed by atoms with Gasteiger partial charge >= 0.3 is 0 Å². The number of benzene rings is 3. The Balaban J connectivity index is 1.61. The predicted molar refractivity (Wildman–Crippen MR) is 148 cm³/mol. The van der Waals surface area contributed by atoms with Crippen LogP contribution in [0.2, 0.25) is 0 Å². The Morgan fingerprint density at radius 3 is 2.32 bits per heavy atom. The van der Waals surface area contributed by atoms with Crippen LogP contribution in [0.1, 0.15) is 48.8 Å². The molecule has 3 aromatic rings. The van der Waals surface area contributed by atoms with Crippen LogP contribution in [0.3, 0.4) is 0 Å². The van der Waals surface area contributed by atoms with Crippen LogP contribution in [-0.4, -0.2) is 34.6 Å². The minimum Gasteiger partial charge on any atom is -0.352 e. The normalized spacial score (nSPS) is 14.6. The lowest BCUT2D eigenvalue weighted by atomic mass is 9.94. The van der Waals surface area contributed by atoms with Gasteiger partial charge in [-0.1, -0.05) is 85.5 Å². The molecule has 0 saturated heterocycles. The van der Waals surface area contributed by atoms with Crippen LogP contribution in [0.25, 0.3) is 0 Å². The topological polar surface area (TPSA) is 49.4 Å². The minimum atomic E-state index is -0.741. The molecule has 2 amide bonds. The van der Waals surface area contributed by atoms with E-state index in [2.05, 4.69) is 5.32 Å². The lowest BCUT2D eigenvalue weighted by Gasteiger charge is -2.33. The molecule has 1 fully saturated rings. The molecule has 1 aliphatic rings. The molecule has 4 nitrogen and oxygen atoms in total. The molecule has 0 bridgehead atoms. The van der Waals surface area contributed by atoms with E-state index in [1.54, 1.807) is 23.1 Å². The third kappa shape index (κ3) is 7.93. The van der Waals surface area contributed by atoms with E-state index in [0.29, 0.717) is 12.0 Å². The molecular weight excluding hydrogens is 483 g/mol. The second-order valence-electron chi connectivity index (χ2n) is 9.76. The number of thioether (sulfide) groups is 1. The van der Waals surface area contributed by atoms with E-state index in [-0.39, 0.29) is 36.0 Å². The van der Waals surface area contributed by atoms with Crippen molar-refractivity contribution in [1.82, 2.24) is 10.2 Å². The summed E-state index contributed by atoms with van der Waals surface area (Å²) in [5.74, 6) is -0.563. The minimum absolute atomic E-state index is 0.0373. The van der Waals surface area contributed by atoms with Gasteiger partial charge in [-0.25, -0.2) is 4.39 Å². The number of rotatable bonds is 10. The second-order valence-corrected chi connectivity index (χ2v) is 10.8. The van der Waals surface area contributed by atoms with Crippen molar-refractivity contribution in [2.45, 2.75) is 69.0 Å². The Morgan fingerprint density at radius 1 is 0.946 bits per heavy atom. The van der Waals surface area contributed by atoms with Gasteiger partial charge < -0.3 is 10.2 Å². The monoisotopic (exact) mass is 518 g/mol. The van der Waals surface area contributed by atoms with Gasteiger partial charge in [-0.2, -0.15) is 0 Å². The van der Waals surface area contributed by atoms with Gasteiger partial charge in [0, 0.05) is 29.5 Å². The molecule has 1 saturated carbocycles. The number of carbonyl (C=O) groups is 2. The van der Waals surface area contributed by atoms with E-state index >= 15 is 0 Å². The Morgan fingerprint density at radius 2 is 1.62 bits per heavy atom. The number of carbonyl (C=O) groups excluding carboxylic acids is 2. The third-order valence-corrected chi connectivity index (χ3v) is 7.90. The number of halogens is 1. The average Bonchev–Trinajstić information content (AvgIpc) is 2.92. The van der Waals surface area contributed by atoms with Crippen molar-refractivity contribution in [2.24, 2.45) is 0 Å². The Kier molecular flexibility index (Phi) is 9.78. The maximum absolute atomic E-state index is 14.7. The van der Waals surface area contributed by atoms with Gasteiger partial charge in [0.2, 0.25) is 11.8 Å². The summed E-state index contributed by atoms with van der Waals surface area (Å²) < 4.78 is 14.7. The van der Waals surface area contributed by atoms with Crippen LogP contribution in [0.5, 0.6) is 0 Å². The third-order valence-electron chi connectivity index (χ3n) is 6.90. The Labute approximate surface area is 223 Å². The number of nitrogens with one attached hydrogen (secondary N) is 1. The zero-order valence-corrected chi connectivity index (χ0v) is 22.2. The largest absolute Gasteiger partial charge is 0.352 e. The van der Waals surface area contributed by atoms with Crippen LogP contribution in [0.15, 0.2) is 83.8 Å². The van der Waals surface area contributed by atoms with E-state index in [1.807, 2.05) is 61.5 Å². The first-order valence-corrected chi connectivity index (χ1v) is 14.0. The van der Waals surface area contributed by atoms with Crippen LogP contribution in [-0.2, 0) is 22.6 Å². The van der Waals surface area contributed by atoms with Crippen molar-refractivity contribution in [3.05, 3.63) is 101 Å². The highest BCUT2D eigenvalue weighted by Gasteiger charge is 2.32. The van der Waals surface area contributed by atoms with Crippen molar-refractivity contribution in [3.63, 3.8) is 0 Å². The van der Waals surface area contributed by atoms with E-state index in [0.717, 1.165) is 41.7 Å². The first-order chi connectivity index (χ1) is 18.0. The molecule has 3 aromatic carbocycles. The van der Waals surface area contributed by atoms with Gasteiger partial charge in [-0.05, 0) is 43.5 Å². The van der Waals surface area contributed by atoms with Crippen molar-refractivity contribution in [2.75, 3.05) is 5.75 Å². The van der Waals surface area contributed by atoms with Gasteiger partial charge in [0.15, 0.2) is 0 Å². The van der Waals surface area contributed by atoms with Crippen molar-refractivity contribution >= 4 is 23.6 Å². The number of aryl methyl sites for hydroxylation is 1. The summed E-state index contributed by atoms with van der Waals surface area (Å²) in [6.45, 7) is 2.06. The molecule has 0 radical (unpaired) electrons. The maximum atomic E-state index is 14.7. The fraction of sp³-hybridized carbons (Fsp3) is 0.355. The van der Waals surface area contributed by atoms with Crippen LogP contribution >= 0.6 is 11.8 Å². The first-order valence-electron chi connectivity index (χ1n) is 13.1. The Bertz CT molecular complexity index is 1160. The fourth-order valence-electron chi connectivity index (χ4n) is 4.77. The zero-order chi connectivity index (χ0) is 26.0. The highest BCUT2D eigenvalue weighted by Crippen LogP contribution is 2.23. The van der Waals surface area contributed by atoms with Crippen molar-refractivity contribution < 1.29 is 14.0 Å². The highest BCUT2D eigenvalue weighted by atomic mass is 32.2. The molecule has 0 heterocycles. The standard InChI is InChI=1S/C31H35FN2O2S/c1-23-16-18-27(19-17-23)37-22-30(35)34(21-25-12-8-9-15-28(25)32)29(20-24-10-4-2-5-11-24)31(36)33-26-13-6-3-7-14-26/h2,4-5,8-12,15-19,26,29H,3,6-7,13-14,20-22H2,1H3,(H,33,36). The molecule has 0 aromatic heterocycles. The maximum Gasteiger partial charge on any atom is 0.243 e. The molecule has 4 rings (SSSR count). The number of amides is 2. The molecule has 1 unspecified atom stereocenters. The number of hydrogen-bond acceptors (Lipinski definition) is 3. The second kappa shape index (κ2) is 13.4. The molecule has 0 aliphatic heterocycles. The quantitative estimate of drug-likeness (QED) is 0.320. The van der Waals surface area contributed by atoms with Gasteiger partial charge in [0.25, 0.3) is 0 Å².